The zero-order valence-corrected chi connectivity index (χ0v) is 13.5. The van der Waals surface area contributed by atoms with Crippen LogP contribution in [0.3, 0.4) is 0 Å². The zero-order valence-electron chi connectivity index (χ0n) is 12.7. The fourth-order valence-electron chi connectivity index (χ4n) is 3.00. The van der Waals surface area contributed by atoms with Crippen molar-refractivity contribution in [3.63, 3.8) is 0 Å². The molecule has 0 aromatic carbocycles. The van der Waals surface area contributed by atoms with Crippen molar-refractivity contribution in [2.75, 3.05) is 13.2 Å². The summed E-state index contributed by atoms with van der Waals surface area (Å²) < 4.78 is 7.70. The number of hydrogen-bond donors (Lipinski definition) is 1. The van der Waals surface area contributed by atoms with Gasteiger partial charge < -0.3 is 15.0 Å². The molecule has 2 N–H and O–H groups in total. The summed E-state index contributed by atoms with van der Waals surface area (Å²) in [5.74, 6) is 0.414. The topological polar surface area (TPSA) is 53.1 Å². The van der Waals surface area contributed by atoms with Crippen molar-refractivity contribution < 1.29 is 4.74 Å². The summed E-state index contributed by atoms with van der Waals surface area (Å²) in [5, 5.41) is 0. The summed E-state index contributed by atoms with van der Waals surface area (Å²) in [7, 11) is 0. The summed E-state index contributed by atoms with van der Waals surface area (Å²) in [5.41, 5.74) is 7.57. The van der Waals surface area contributed by atoms with Gasteiger partial charge >= 0.3 is 0 Å². The van der Waals surface area contributed by atoms with Crippen LogP contribution in [0.2, 0.25) is 0 Å². The molecule has 2 aromatic rings. The van der Waals surface area contributed by atoms with Gasteiger partial charge in [0.05, 0.1) is 24.7 Å². The van der Waals surface area contributed by atoms with Crippen molar-refractivity contribution in [1.82, 2.24) is 9.55 Å². The highest BCUT2D eigenvalue weighted by Gasteiger charge is 2.27. The Hall–Kier alpha value is -1.17. The number of hydrogen-bond acceptors (Lipinski definition) is 4. The van der Waals surface area contributed by atoms with Gasteiger partial charge in [0.2, 0.25) is 0 Å². The minimum absolute atomic E-state index is 0.0162. The minimum atomic E-state index is 0.0162. The Morgan fingerprint density at radius 3 is 3.05 bits per heavy atom. The van der Waals surface area contributed by atoms with Crippen LogP contribution in [0, 0.1) is 12.8 Å². The lowest BCUT2D eigenvalue weighted by Crippen LogP contribution is -2.25. The Labute approximate surface area is 129 Å². The lowest BCUT2D eigenvalue weighted by atomic mass is 9.97. The second kappa shape index (κ2) is 6.30. The van der Waals surface area contributed by atoms with E-state index in [1.807, 2.05) is 23.9 Å². The minimum Gasteiger partial charge on any atom is -0.381 e. The quantitative estimate of drug-likeness (QED) is 0.923. The van der Waals surface area contributed by atoms with Gasteiger partial charge in [0.25, 0.3) is 0 Å². The first kappa shape index (κ1) is 14.8. The predicted molar refractivity (Wildman–Crippen MR) is 85.6 cm³/mol. The van der Waals surface area contributed by atoms with Crippen molar-refractivity contribution >= 4 is 11.3 Å². The average Bonchev–Trinajstić information content (AvgIpc) is 3.19. The van der Waals surface area contributed by atoms with Gasteiger partial charge in [-0.2, -0.15) is 0 Å². The second-order valence-electron chi connectivity index (χ2n) is 5.94. The molecule has 0 saturated carbocycles. The van der Waals surface area contributed by atoms with Crippen LogP contribution in [-0.4, -0.2) is 22.8 Å². The molecule has 1 aliphatic rings. The van der Waals surface area contributed by atoms with Crippen LogP contribution in [0.15, 0.2) is 24.7 Å². The molecule has 5 heteroatoms. The summed E-state index contributed by atoms with van der Waals surface area (Å²) in [4.78, 5) is 7.11. The van der Waals surface area contributed by atoms with Crippen LogP contribution in [0.4, 0.5) is 0 Å². The summed E-state index contributed by atoms with van der Waals surface area (Å²) in [6.45, 7) is 5.98. The van der Waals surface area contributed by atoms with Crippen molar-refractivity contribution in [2.24, 2.45) is 11.7 Å². The normalized spacial score (nSPS) is 21.6. The van der Waals surface area contributed by atoms with Crippen LogP contribution in [-0.2, 0) is 11.2 Å². The van der Waals surface area contributed by atoms with E-state index in [0.717, 1.165) is 31.7 Å². The van der Waals surface area contributed by atoms with Crippen LogP contribution < -0.4 is 5.73 Å². The van der Waals surface area contributed by atoms with Crippen LogP contribution in [0.1, 0.15) is 40.9 Å². The third kappa shape index (κ3) is 3.20. The zero-order chi connectivity index (χ0) is 14.8. The van der Waals surface area contributed by atoms with E-state index in [1.165, 1.54) is 9.75 Å². The molecule has 0 radical (unpaired) electrons. The lowest BCUT2D eigenvalue weighted by Gasteiger charge is -2.22. The first-order valence-electron chi connectivity index (χ1n) is 7.55. The number of nitrogens with zero attached hydrogens (tertiary/aromatic N) is 2. The largest absolute Gasteiger partial charge is 0.381 e. The number of aryl methyl sites for hydroxylation is 1. The highest BCUT2D eigenvalue weighted by molar-refractivity contribution is 7.11. The summed E-state index contributed by atoms with van der Waals surface area (Å²) in [6.07, 6.45) is 5.90. The van der Waals surface area contributed by atoms with Gasteiger partial charge in [0.1, 0.15) is 0 Å². The number of thiophene rings is 1. The Balaban J connectivity index is 1.74. The number of imidazole rings is 1. The van der Waals surface area contributed by atoms with Crippen molar-refractivity contribution in [3.05, 3.63) is 40.1 Å². The Bertz CT molecular complexity index is 586. The number of aromatic nitrogens is 2. The highest BCUT2D eigenvalue weighted by atomic mass is 32.1. The monoisotopic (exact) mass is 305 g/mol. The van der Waals surface area contributed by atoms with Crippen LogP contribution >= 0.6 is 11.3 Å². The molecule has 0 amide bonds. The molecule has 1 saturated heterocycles. The average molecular weight is 305 g/mol. The molecule has 0 aliphatic carbocycles. The Morgan fingerprint density at radius 2 is 2.38 bits per heavy atom. The number of nitrogens with two attached hydrogens (primary N) is 1. The third-order valence-corrected chi connectivity index (χ3v) is 5.30. The molecule has 3 atom stereocenters. The van der Waals surface area contributed by atoms with Crippen LogP contribution in [0.25, 0.3) is 0 Å². The Morgan fingerprint density at radius 1 is 1.52 bits per heavy atom. The predicted octanol–water partition coefficient (Wildman–Crippen LogP) is 3.09. The Kier molecular flexibility index (Phi) is 4.42. The molecule has 21 heavy (non-hydrogen) atoms. The second-order valence-corrected chi connectivity index (χ2v) is 7.31. The maximum Gasteiger partial charge on any atom is 0.0951 e. The molecule has 0 bridgehead atoms. The smallest absolute Gasteiger partial charge is 0.0951 e. The molecular weight excluding hydrogens is 282 g/mol. The van der Waals surface area contributed by atoms with E-state index in [0.29, 0.717) is 12.0 Å². The molecule has 3 heterocycles. The van der Waals surface area contributed by atoms with Gasteiger partial charge in [-0.3, -0.25) is 0 Å². The van der Waals surface area contributed by atoms with E-state index in [2.05, 4.69) is 35.5 Å². The van der Waals surface area contributed by atoms with E-state index in [9.17, 15) is 0 Å². The van der Waals surface area contributed by atoms with Gasteiger partial charge in [0.15, 0.2) is 0 Å². The van der Waals surface area contributed by atoms with E-state index in [-0.39, 0.29) is 6.04 Å². The summed E-state index contributed by atoms with van der Waals surface area (Å²) in [6, 6.07) is 4.79. The molecule has 114 valence electrons. The van der Waals surface area contributed by atoms with Gasteiger partial charge in [-0.15, -0.1) is 11.3 Å². The van der Waals surface area contributed by atoms with Crippen molar-refractivity contribution in [3.8, 4) is 0 Å². The van der Waals surface area contributed by atoms with Crippen LogP contribution in [0.5, 0.6) is 0 Å². The molecule has 1 aliphatic heterocycles. The lowest BCUT2D eigenvalue weighted by molar-refractivity contribution is 0.180. The molecular formula is C16H23N3OS. The molecule has 2 aromatic heterocycles. The fraction of sp³-hybridized carbons (Fsp3) is 0.562. The third-order valence-electron chi connectivity index (χ3n) is 4.28. The van der Waals surface area contributed by atoms with E-state index in [4.69, 9.17) is 10.5 Å². The maximum absolute atomic E-state index is 6.44. The first-order valence-corrected chi connectivity index (χ1v) is 8.37. The van der Waals surface area contributed by atoms with Gasteiger partial charge in [-0.05, 0) is 32.4 Å². The fourth-order valence-corrected chi connectivity index (χ4v) is 4.01. The molecule has 0 spiro atoms. The standard InChI is InChI=1S/C16H23N3OS/c1-11(7-14-4-3-12(2)21-14)19-10-18-8-15(19)16(17)13-5-6-20-9-13/h3-4,8,10-11,13,16H,5-7,9,17H2,1-2H3. The van der Waals surface area contributed by atoms with Gasteiger partial charge in [0, 0.05) is 40.9 Å². The number of rotatable bonds is 5. The van der Waals surface area contributed by atoms with E-state index >= 15 is 0 Å². The van der Waals surface area contributed by atoms with Gasteiger partial charge in [-0.25, -0.2) is 4.98 Å². The summed E-state index contributed by atoms with van der Waals surface area (Å²) >= 11 is 1.87. The molecule has 1 fully saturated rings. The molecule has 3 rings (SSSR count). The number of ether oxygens (including phenoxy) is 1. The molecule has 4 nitrogen and oxygen atoms in total. The van der Waals surface area contributed by atoms with Gasteiger partial charge in [-0.1, -0.05) is 0 Å². The van der Waals surface area contributed by atoms with E-state index < -0.39 is 0 Å². The molecule has 3 unspecified atom stereocenters. The van der Waals surface area contributed by atoms with Crippen molar-refractivity contribution in [1.29, 1.82) is 0 Å². The SMILES string of the molecule is Cc1ccc(CC(C)n2cncc2C(N)C2CCOC2)s1. The highest BCUT2D eigenvalue weighted by Crippen LogP contribution is 2.29. The maximum atomic E-state index is 6.44. The first-order chi connectivity index (χ1) is 10.1. The van der Waals surface area contributed by atoms with Crippen molar-refractivity contribution in [2.45, 2.75) is 38.8 Å². The van der Waals surface area contributed by atoms with E-state index in [1.54, 1.807) is 0 Å².